The molecule has 3 rings (SSSR count). The minimum Gasteiger partial charge on any atom is -0.337 e. The lowest BCUT2D eigenvalue weighted by Gasteiger charge is -2.36. The molecule has 0 spiro atoms. The van der Waals surface area contributed by atoms with Crippen molar-refractivity contribution in [1.29, 1.82) is 0 Å². The van der Waals surface area contributed by atoms with E-state index in [1.807, 2.05) is 6.20 Å². The number of aromatic nitrogens is 2. The van der Waals surface area contributed by atoms with Gasteiger partial charge in [-0.1, -0.05) is 6.92 Å². The highest BCUT2D eigenvalue weighted by atomic mass is 15.3. The number of piperidine rings is 1. The normalized spacial score (nSPS) is 23.1. The summed E-state index contributed by atoms with van der Waals surface area (Å²) in [6, 6.07) is 0.414. The minimum atomic E-state index is 0.414. The summed E-state index contributed by atoms with van der Waals surface area (Å²) in [7, 11) is 0. The number of anilines is 1. The third-order valence-corrected chi connectivity index (χ3v) is 4.70. The molecule has 0 saturated carbocycles. The molecule has 0 radical (unpaired) electrons. The average Bonchev–Trinajstić information content (AvgIpc) is 2.54. The smallest absolute Gasteiger partial charge is 0.225 e. The molecule has 1 unspecified atom stereocenters. The number of hydrogen-bond donors (Lipinski definition) is 1. The van der Waals surface area contributed by atoms with E-state index in [9.17, 15) is 0 Å². The first kappa shape index (κ1) is 14.7. The van der Waals surface area contributed by atoms with Crippen LogP contribution in [0.2, 0.25) is 0 Å². The minimum absolute atomic E-state index is 0.414. The van der Waals surface area contributed by atoms with Crippen molar-refractivity contribution in [3.05, 3.63) is 17.5 Å². The van der Waals surface area contributed by atoms with E-state index < -0.39 is 0 Å². The Kier molecular flexibility index (Phi) is 4.70. The van der Waals surface area contributed by atoms with E-state index in [2.05, 4.69) is 21.7 Å². The third kappa shape index (κ3) is 3.19. The van der Waals surface area contributed by atoms with Crippen LogP contribution in [0.5, 0.6) is 0 Å². The largest absolute Gasteiger partial charge is 0.337 e. The van der Waals surface area contributed by atoms with Gasteiger partial charge in [-0.25, -0.2) is 9.97 Å². The van der Waals surface area contributed by atoms with Gasteiger partial charge in [-0.15, -0.1) is 0 Å². The Bertz CT molecular complexity index is 476. The lowest BCUT2D eigenvalue weighted by atomic mass is 10.0. The lowest BCUT2D eigenvalue weighted by Crippen LogP contribution is -2.45. The molecular formula is C16H27N5. The number of rotatable bonds is 4. The molecule has 0 bridgehead atoms. The zero-order valence-corrected chi connectivity index (χ0v) is 13.1. The summed E-state index contributed by atoms with van der Waals surface area (Å²) >= 11 is 0. The van der Waals surface area contributed by atoms with Gasteiger partial charge in [0.25, 0.3) is 0 Å². The molecular weight excluding hydrogens is 262 g/mol. The van der Waals surface area contributed by atoms with Crippen molar-refractivity contribution in [2.24, 2.45) is 5.73 Å². The molecule has 1 saturated heterocycles. The average molecular weight is 289 g/mol. The van der Waals surface area contributed by atoms with Crippen molar-refractivity contribution < 1.29 is 0 Å². The molecule has 0 amide bonds. The van der Waals surface area contributed by atoms with Gasteiger partial charge in [-0.05, 0) is 32.2 Å². The van der Waals surface area contributed by atoms with E-state index in [0.717, 1.165) is 32.0 Å². The summed E-state index contributed by atoms with van der Waals surface area (Å²) in [4.78, 5) is 14.3. The Morgan fingerprint density at radius 3 is 3.05 bits per heavy atom. The van der Waals surface area contributed by atoms with Gasteiger partial charge in [0, 0.05) is 50.4 Å². The fourth-order valence-electron chi connectivity index (χ4n) is 3.52. The zero-order chi connectivity index (χ0) is 14.7. The van der Waals surface area contributed by atoms with Crippen LogP contribution in [0.4, 0.5) is 5.95 Å². The predicted molar refractivity (Wildman–Crippen MR) is 85.3 cm³/mol. The molecule has 0 aliphatic carbocycles. The SMILES string of the molecule is CCCN1CCc2nc(N3CCCCC3CN)ncc2C1. The molecule has 3 heterocycles. The Morgan fingerprint density at radius 2 is 2.24 bits per heavy atom. The molecule has 0 aromatic carbocycles. The second-order valence-electron chi connectivity index (χ2n) is 6.25. The quantitative estimate of drug-likeness (QED) is 0.911. The van der Waals surface area contributed by atoms with Crippen LogP contribution in [-0.4, -0.2) is 47.1 Å². The predicted octanol–water partition coefficient (Wildman–Crippen LogP) is 1.56. The molecule has 2 aliphatic heterocycles. The first-order chi connectivity index (χ1) is 10.3. The van der Waals surface area contributed by atoms with Gasteiger partial charge in [-0.2, -0.15) is 0 Å². The van der Waals surface area contributed by atoms with E-state index in [4.69, 9.17) is 10.7 Å². The van der Waals surface area contributed by atoms with Gasteiger partial charge in [0.2, 0.25) is 5.95 Å². The molecule has 1 aromatic rings. The number of hydrogen-bond acceptors (Lipinski definition) is 5. The van der Waals surface area contributed by atoms with Gasteiger partial charge in [0.15, 0.2) is 0 Å². The van der Waals surface area contributed by atoms with Crippen LogP contribution in [0.25, 0.3) is 0 Å². The number of fused-ring (bicyclic) bond motifs is 1. The van der Waals surface area contributed by atoms with Gasteiger partial charge in [0.1, 0.15) is 0 Å². The van der Waals surface area contributed by atoms with E-state index in [0.29, 0.717) is 12.6 Å². The summed E-state index contributed by atoms with van der Waals surface area (Å²) in [6.45, 7) is 7.27. The standard InChI is InChI=1S/C16H27N5/c1-2-7-20-9-6-15-13(12-20)11-18-16(19-15)21-8-4-3-5-14(21)10-17/h11,14H,2-10,12,17H2,1H3. The maximum Gasteiger partial charge on any atom is 0.225 e. The Morgan fingerprint density at radius 1 is 1.33 bits per heavy atom. The highest BCUT2D eigenvalue weighted by molar-refractivity contribution is 5.36. The third-order valence-electron chi connectivity index (χ3n) is 4.70. The first-order valence-corrected chi connectivity index (χ1v) is 8.35. The highest BCUT2D eigenvalue weighted by Gasteiger charge is 2.25. The van der Waals surface area contributed by atoms with Crippen LogP contribution in [0.15, 0.2) is 6.20 Å². The summed E-state index contributed by atoms with van der Waals surface area (Å²) in [5.74, 6) is 0.896. The van der Waals surface area contributed by atoms with Gasteiger partial charge >= 0.3 is 0 Å². The lowest BCUT2D eigenvalue weighted by molar-refractivity contribution is 0.252. The fraction of sp³-hybridized carbons (Fsp3) is 0.750. The molecule has 5 nitrogen and oxygen atoms in total. The molecule has 1 atom stereocenters. The van der Waals surface area contributed by atoms with Crippen molar-refractivity contribution in [2.45, 2.75) is 51.6 Å². The van der Waals surface area contributed by atoms with Gasteiger partial charge in [0.05, 0.1) is 5.69 Å². The van der Waals surface area contributed by atoms with Crippen molar-refractivity contribution in [3.63, 3.8) is 0 Å². The monoisotopic (exact) mass is 289 g/mol. The molecule has 1 fully saturated rings. The van der Waals surface area contributed by atoms with Crippen LogP contribution in [-0.2, 0) is 13.0 Å². The Labute approximate surface area is 127 Å². The van der Waals surface area contributed by atoms with Crippen LogP contribution >= 0.6 is 0 Å². The van der Waals surface area contributed by atoms with Gasteiger partial charge in [-0.3, -0.25) is 4.90 Å². The Hall–Kier alpha value is -1.20. The second-order valence-corrected chi connectivity index (χ2v) is 6.25. The molecule has 2 aliphatic rings. The number of nitrogens with two attached hydrogens (primary N) is 1. The van der Waals surface area contributed by atoms with Crippen LogP contribution in [0, 0.1) is 0 Å². The van der Waals surface area contributed by atoms with Crippen LogP contribution in [0.3, 0.4) is 0 Å². The van der Waals surface area contributed by atoms with E-state index in [1.54, 1.807) is 0 Å². The number of nitrogens with zero attached hydrogens (tertiary/aromatic N) is 4. The van der Waals surface area contributed by atoms with Crippen LogP contribution in [0.1, 0.15) is 43.9 Å². The van der Waals surface area contributed by atoms with E-state index in [1.165, 1.54) is 43.5 Å². The summed E-state index contributed by atoms with van der Waals surface area (Å²) in [5, 5.41) is 0. The zero-order valence-electron chi connectivity index (χ0n) is 13.1. The van der Waals surface area contributed by atoms with Crippen molar-refractivity contribution in [2.75, 3.05) is 31.1 Å². The van der Waals surface area contributed by atoms with Crippen LogP contribution < -0.4 is 10.6 Å². The molecule has 5 heteroatoms. The molecule has 1 aromatic heterocycles. The van der Waals surface area contributed by atoms with E-state index >= 15 is 0 Å². The summed E-state index contributed by atoms with van der Waals surface area (Å²) in [5.41, 5.74) is 8.47. The highest BCUT2D eigenvalue weighted by Crippen LogP contribution is 2.24. The maximum absolute atomic E-state index is 5.92. The van der Waals surface area contributed by atoms with Crippen molar-refractivity contribution >= 4 is 5.95 Å². The molecule has 116 valence electrons. The first-order valence-electron chi connectivity index (χ1n) is 8.35. The summed E-state index contributed by atoms with van der Waals surface area (Å²) in [6.07, 6.45) is 7.96. The summed E-state index contributed by atoms with van der Waals surface area (Å²) < 4.78 is 0. The van der Waals surface area contributed by atoms with Crippen molar-refractivity contribution in [3.8, 4) is 0 Å². The second kappa shape index (κ2) is 6.71. The van der Waals surface area contributed by atoms with Gasteiger partial charge < -0.3 is 10.6 Å². The topological polar surface area (TPSA) is 58.3 Å². The molecule has 21 heavy (non-hydrogen) atoms. The maximum atomic E-state index is 5.92. The fourth-order valence-corrected chi connectivity index (χ4v) is 3.52. The van der Waals surface area contributed by atoms with Crippen molar-refractivity contribution in [1.82, 2.24) is 14.9 Å². The Balaban J connectivity index is 1.77. The van der Waals surface area contributed by atoms with E-state index in [-0.39, 0.29) is 0 Å². The molecule has 2 N–H and O–H groups in total.